The van der Waals surface area contributed by atoms with Gasteiger partial charge >= 0.3 is 16.2 Å². The number of carbonyl (C=O) groups is 3. The third-order valence-electron chi connectivity index (χ3n) is 1.77. The van der Waals surface area contributed by atoms with Crippen molar-refractivity contribution in [2.75, 3.05) is 28.4 Å². The van der Waals surface area contributed by atoms with Crippen LogP contribution in [0.3, 0.4) is 0 Å². The lowest BCUT2D eigenvalue weighted by Gasteiger charge is -2.25. The number of carbonyl (C=O) groups excluding carboxylic acids is 3. The molecule has 23 heavy (non-hydrogen) atoms. The Balaban J connectivity index is -0.0000000722. The summed E-state index contributed by atoms with van der Waals surface area (Å²) in [5.74, 6) is 0. The van der Waals surface area contributed by atoms with Gasteiger partial charge in [-0.2, -0.15) is 0 Å². The number of hydrogen-bond acceptors (Lipinski definition) is 7. The van der Waals surface area contributed by atoms with Crippen molar-refractivity contribution in [3.8, 4) is 0 Å². The van der Waals surface area contributed by atoms with E-state index < -0.39 is 10.1 Å². The molecule has 0 unspecified atom stereocenters. The monoisotopic (exact) mass is 402 g/mol. The highest BCUT2D eigenvalue weighted by Crippen LogP contribution is 2.17. The van der Waals surface area contributed by atoms with E-state index in [2.05, 4.69) is 55.3 Å². The van der Waals surface area contributed by atoms with Crippen molar-refractivity contribution < 1.29 is 31.7 Å². The zero-order valence-corrected chi connectivity index (χ0v) is 15.9. The molecule has 1 aliphatic carbocycles. The van der Waals surface area contributed by atoms with Crippen LogP contribution in [0.25, 0.3) is 0 Å². The van der Waals surface area contributed by atoms with Gasteiger partial charge in [0.2, 0.25) is 0 Å². The lowest BCUT2D eigenvalue weighted by molar-refractivity contribution is 0.159. The van der Waals surface area contributed by atoms with Crippen molar-refractivity contribution in [2.24, 2.45) is 5.73 Å². The van der Waals surface area contributed by atoms with Crippen LogP contribution >= 0.6 is 34.8 Å². The number of ether oxygens (including phenoxy) is 2. The van der Waals surface area contributed by atoms with Crippen LogP contribution in [0.5, 0.6) is 0 Å². The number of rotatable bonds is 1. The first-order valence-electron chi connectivity index (χ1n) is 7.32. The number of methoxy groups -OCH3 is 2. The van der Waals surface area contributed by atoms with Gasteiger partial charge in [-0.3, -0.25) is 4.79 Å². The number of aliphatic hydroxyl groups excluding tert-OH is 1. The first-order valence-corrected chi connectivity index (χ1v) is 6.75. The lowest BCUT2D eigenvalue weighted by Crippen LogP contribution is -2.39. The molecule has 0 spiro atoms. The number of aliphatic hydroxyl groups is 1. The van der Waals surface area contributed by atoms with Crippen LogP contribution in [0.4, 0.5) is 14.4 Å². The van der Waals surface area contributed by atoms with Crippen molar-refractivity contribution in [1.82, 2.24) is 5.32 Å². The van der Waals surface area contributed by atoms with Crippen molar-refractivity contribution in [3.63, 3.8) is 0 Å². The summed E-state index contributed by atoms with van der Waals surface area (Å²) in [6.07, 6.45) is 3.14. The van der Waals surface area contributed by atoms with Crippen LogP contribution in [0, 0.1) is 0 Å². The summed E-state index contributed by atoms with van der Waals surface area (Å²) < 4.78 is 19.1. The summed E-state index contributed by atoms with van der Waals surface area (Å²) in [5, 5.41) is 9.70. The van der Waals surface area contributed by atoms with E-state index in [0.717, 1.165) is 20.0 Å². The highest BCUT2D eigenvalue weighted by molar-refractivity contribution is 6.93. The molecule has 1 rings (SSSR count). The van der Waals surface area contributed by atoms with Gasteiger partial charge in [-0.05, 0) is 49.5 Å². The van der Waals surface area contributed by atoms with E-state index >= 15 is 0 Å². The van der Waals surface area contributed by atoms with E-state index in [1.807, 2.05) is 0 Å². The molecule has 0 heterocycles. The molecule has 1 aliphatic rings. The van der Waals surface area contributed by atoms with E-state index in [-0.39, 0.29) is 13.1 Å². The maximum atomic E-state index is 10.5. The minimum Gasteiger partial charge on any atom is -0.457 e. The number of halogens is 3. The van der Waals surface area contributed by atoms with Crippen molar-refractivity contribution in [3.05, 3.63) is 0 Å². The molecule has 0 aromatic rings. The van der Waals surface area contributed by atoms with Gasteiger partial charge in [-0.15, -0.1) is 0 Å². The average Bonchev–Trinajstić information content (AvgIpc) is 2.55. The van der Waals surface area contributed by atoms with Gasteiger partial charge in [0, 0.05) is 27.5 Å². The number of hydrogen-bond donors (Lipinski definition) is 3. The maximum Gasteiger partial charge on any atom is 0.407 e. The van der Waals surface area contributed by atoms with Crippen molar-refractivity contribution >= 4 is 51.0 Å². The molecule has 0 saturated heterocycles. The van der Waals surface area contributed by atoms with E-state index in [1.165, 1.54) is 28.0 Å². The third kappa shape index (κ3) is 44.9. The fourth-order valence-corrected chi connectivity index (χ4v) is 0.778. The molecule has 1 amide bonds. The maximum absolute atomic E-state index is 10.5. The van der Waals surface area contributed by atoms with Gasteiger partial charge in [0.15, 0.2) is 0 Å². The fraction of sp³-hybridized carbons (Fsp3) is 0.750. The van der Waals surface area contributed by atoms with Crippen LogP contribution in [-0.2, 0) is 9.47 Å². The minimum atomic E-state index is -0.889. The van der Waals surface area contributed by atoms with E-state index in [1.54, 1.807) is 0 Å². The lowest BCUT2D eigenvalue weighted by atomic mass is 9.93. The van der Waals surface area contributed by atoms with Gasteiger partial charge in [0.1, 0.15) is 0 Å². The summed E-state index contributed by atoms with van der Waals surface area (Å²) in [7, 11) is 4.85. The predicted octanol–water partition coefficient (Wildman–Crippen LogP) is 3.29. The molecule has 142 valence electrons. The van der Waals surface area contributed by atoms with Crippen LogP contribution in [0.2, 0.25) is 0 Å². The normalized spacial score (nSPS) is 11.2. The fourth-order valence-electron chi connectivity index (χ4n) is 0.778. The summed E-state index contributed by atoms with van der Waals surface area (Å²) >= 11 is 13.4. The summed E-state index contributed by atoms with van der Waals surface area (Å²) in [5.41, 5.74) is 3.74. The third-order valence-corrected chi connectivity index (χ3v) is 1.93. The molecule has 11 heteroatoms. The first-order chi connectivity index (χ1) is 11.7. The molecule has 0 radical (unpaired) electrons. The summed E-state index contributed by atoms with van der Waals surface area (Å²) in [6.45, 7) is 0. The van der Waals surface area contributed by atoms with Crippen molar-refractivity contribution in [2.45, 2.75) is 32.7 Å². The number of amides is 1. The zero-order valence-electron chi connectivity index (χ0n) is 15.6. The second kappa shape index (κ2) is 29.2. The highest BCUT2D eigenvalue weighted by atomic mass is 35.5. The number of alkyl carbamates (subject to hydrolysis) is 1. The van der Waals surface area contributed by atoms with Crippen molar-refractivity contribution in [1.29, 1.82) is 0 Å². The quantitative estimate of drug-likeness (QED) is 0.573. The topological polar surface area (TPSA) is 128 Å². The molecular weight excluding hydrogens is 374 g/mol. The number of nitrogens with two attached hydrogens (primary N) is 1. The molecule has 0 aromatic carbocycles. The highest BCUT2D eigenvalue weighted by Gasteiger charge is 2.18. The molecule has 0 bridgehead atoms. The van der Waals surface area contributed by atoms with Crippen LogP contribution in [-0.4, -0.2) is 55.7 Å². The molecule has 0 aliphatic heterocycles. The molecule has 1 saturated carbocycles. The standard InChI is InChI=1S/C6H11NO2.C2H3ClO2.CCl2O.CH5N.CH4O.CH4/c1-9-6(8)7-5-3-2-4-5;1-5-2(3)4;2-1(3)4;2*1-2;/h5H,2-4H2,1H3,(H,7,8);1H3;;2H2,1H3;2H,1H3;1H4/i;;;1D;;1D. The Morgan fingerprint density at radius 3 is 1.65 bits per heavy atom. The largest absolute Gasteiger partial charge is 0.457 e. The Hall–Kier alpha value is -0.800. The van der Waals surface area contributed by atoms with Gasteiger partial charge in [0.25, 0.3) is 0 Å². The molecule has 0 atom stereocenters. The Morgan fingerprint density at radius 2 is 1.52 bits per heavy atom. The summed E-state index contributed by atoms with van der Waals surface area (Å²) in [6, 6.07) is 0.387. The Kier molecular flexibility index (Phi) is 34.4. The Morgan fingerprint density at radius 1 is 1.22 bits per heavy atom. The van der Waals surface area contributed by atoms with Gasteiger partial charge in [0.05, 0.1) is 14.2 Å². The van der Waals surface area contributed by atoms with Crippen LogP contribution < -0.4 is 11.1 Å². The van der Waals surface area contributed by atoms with Gasteiger partial charge in [-0.25, -0.2) is 9.59 Å². The van der Waals surface area contributed by atoms with Crippen LogP contribution in [0.15, 0.2) is 0 Å². The van der Waals surface area contributed by atoms with Gasteiger partial charge < -0.3 is 25.6 Å². The van der Waals surface area contributed by atoms with E-state index in [9.17, 15) is 9.59 Å². The SMILES string of the molecule is CO.COC(=O)Cl.COC(=O)NC1CCC1.O=C(Cl)Cl.[2H]C.[2H]CN. The Bertz CT molecular complexity index is 298. The number of nitrogens with one attached hydrogen (secondary N) is 1. The average molecular weight is 404 g/mol. The van der Waals surface area contributed by atoms with E-state index in [0.29, 0.717) is 6.04 Å². The molecular formula is C12H27Cl3N2O6. The smallest absolute Gasteiger partial charge is 0.407 e. The molecule has 1 fully saturated rings. The zero-order chi connectivity index (χ0) is 21.3. The second-order valence-electron chi connectivity index (χ2n) is 2.93. The molecule has 8 nitrogen and oxygen atoms in total. The first kappa shape index (κ1) is 27.1. The molecule has 0 aromatic heterocycles. The van der Waals surface area contributed by atoms with Crippen LogP contribution in [0.1, 0.15) is 29.4 Å². The summed E-state index contributed by atoms with van der Waals surface area (Å²) in [4.78, 5) is 28.8. The van der Waals surface area contributed by atoms with E-state index in [4.69, 9.17) is 12.6 Å². The second-order valence-corrected chi connectivity index (χ2v) is 4.12. The van der Waals surface area contributed by atoms with Gasteiger partial charge in [-0.1, -0.05) is 7.40 Å². The molecule has 4 N–H and O–H groups in total. The predicted molar refractivity (Wildman–Crippen MR) is 93.5 cm³/mol. The minimum absolute atomic E-state index is 0. The Labute approximate surface area is 155 Å².